The summed E-state index contributed by atoms with van der Waals surface area (Å²) < 4.78 is 0. The highest BCUT2D eigenvalue weighted by Crippen LogP contribution is 2.33. The van der Waals surface area contributed by atoms with E-state index in [9.17, 15) is 0 Å². The Labute approximate surface area is 133 Å². The lowest BCUT2D eigenvalue weighted by molar-refractivity contribution is 0.260. The van der Waals surface area contributed by atoms with E-state index in [0.717, 1.165) is 24.9 Å². The number of rotatable bonds is 3. The predicted octanol–water partition coefficient (Wildman–Crippen LogP) is 3.20. The fourth-order valence-electron chi connectivity index (χ4n) is 4.51. The SMILES string of the molecule is c1nc(C2CCCCC2)cc(N2CCC(N3CCCC3)C2)n1. The van der Waals surface area contributed by atoms with Crippen molar-refractivity contribution >= 4 is 5.82 Å². The molecule has 0 radical (unpaired) electrons. The van der Waals surface area contributed by atoms with E-state index in [1.807, 2.05) is 0 Å². The molecule has 2 aliphatic heterocycles. The number of hydrogen-bond acceptors (Lipinski definition) is 4. The zero-order valence-electron chi connectivity index (χ0n) is 13.6. The summed E-state index contributed by atoms with van der Waals surface area (Å²) in [6.07, 6.45) is 12.6. The maximum absolute atomic E-state index is 4.58. The standard InChI is InChI=1S/C18H28N4/c1-2-6-15(7-3-1)17-12-18(20-14-19-17)22-11-8-16(13-22)21-9-4-5-10-21/h12,14-16H,1-11,13H2. The van der Waals surface area contributed by atoms with Crippen LogP contribution in [0.5, 0.6) is 0 Å². The van der Waals surface area contributed by atoms with Crippen LogP contribution in [0.4, 0.5) is 5.82 Å². The van der Waals surface area contributed by atoms with Crippen LogP contribution >= 0.6 is 0 Å². The lowest BCUT2D eigenvalue weighted by Gasteiger charge is -2.25. The minimum atomic E-state index is 0.674. The number of anilines is 1. The summed E-state index contributed by atoms with van der Waals surface area (Å²) in [5.74, 6) is 1.84. The molecule has 4 rings (SSSR count). The normalized spacial score (nSPS) is 27.6. The molecule has 0 bridgehead atoms. The van der Waals surface area contributed by atoms with Gasteiger partial charge in [0.2, 0.25) is 0 Å². The molecule has 1 aliphatic carbocycles. The second-order valence-corrected chi connectivity index (χ2v) is 7.27. The molecule has 0 amide bonds. The van der Waals surface area contributed by atoms with Crippen LogP contribution in [0, 0.1) is 0 Å². The van der Waals surface area contributed by atoms with Crippen LogP contribution in [0.25, 0.3) is 0 Å². The minimum Gasteiger partial charge on any atom is -0.355 e. The molecule has 2 saturated heterocycles. The first kappa shape index (κ1) is 14.4. The van der Waals surface area contributed by atoms with Gasteiger partial charge in [0.1, 0.15) is 12.1 Å². The van der Waals surface area contributed by atoms with Crippen LogP contribution in [-0.2, 0) is 0 Å². The van der Waals surface area contributed by atoms with Gasteiger partial charge in [-0.15, -0.1) is 0 Å². The first-order chi connectivity index (χ1) is 10.9. The monoisotopic (exact) mass is 300 g/mol. The van der Waals surface area contributed by atoms with Crippen molar-refractivity contribution in [1.82, 2.24) is 14.9 Å². The molecular formula is C18H28N4. The van der Waals surface area contributed by atoms with Crippen LogP contribution in [-0.4, -0.2) is 47.1 Å². The molecule has 0 aromatic carbocycles. The molecule has 120 valence electrons. The Morgan fingerprint density at radius 3 is 2.50 bits per heavy atom. The third-order valence-electron chi connectivity index (χ3n) is 5.84. The maximum atomic E-state index is 4.58. The number of hydrogen-bond donors (Lipinski definition) is 0. The summed E-state index contributed by atoms with van der Waals surface area (Å²) in [4.78, 5) is 14.3. The minimum absolute atomic E-state index is 0.674. The van der Waals surface area contributed by atoms with E-state index in [0.29, 0.717) is 5.92 Å². The molecule has 3 fully saturated rings. The highest BCUT2D eigenvalue weighted by atomic mass is 15.3. The van der Waals surface area contributed by atoms with E-state index >= 15 is 0 Å². The zero-order valence-corrected chi connectivity index (χ0v) is 13.6. The highest BCUT2D eigenvalue weighted by molar-refractivity contribution is 5.41. The van der Waals surface area contributed by atoms with Crippen molar-refractivity contribution in [3.8, 4) is 0 Å². The molecular weight excluding hydrogens is 272 g/mol. The Kier molecular flexibility index (Phi) is 4.28. The van der Waals surface area contributed by atoms with E-state index < -0.39 is 0 Å². The molecule has 0 N–H and O–H groups in total. The smallest absolute Gasteiger partial charge is 0.132 e. The lowest BCUT2D eigenvalue weighted by Crippen LogP contribution is -2.35. The first-order valence-electron chi connectivity index (χ1n) is 9.21. The third kappa shape index (κ3) is 2.98. The Morgan fingerprint density at radius 2 is 1.68 bits per heavy atom. The van der Waals surface area contributed by atoms with Gasteiger partial charge in [-0.1, -0.05) is 19.3 Å². The third-order valence-corrected chi connectivity index (χ3v) is 5.84. The van der Waals surface area contributed by atoms with Crippen molar-refractivity contribution in [3.63, 3.8) is 0 Å². The van der Waals surface area contributed by atoms with Crippen LogP contribution in [0.3, 0.4) is 0 Å². The van der Waals surface area contributed by atoms with Crippen LogP contribution in [0.1, 0.15) is 63.0 Å². The summed E-state index contributed by atoms with van der Waals surface area (Å²) in [6, 6.07) is 3.03. The number of nitrogens with zero attached hydrogens (tertiary/aromatic N) is 4. The largest absolute Gasteiger partial charge is 0.355 e. The number of aromatic nitrogens is 2. The van der Waals surface area contributed by atoms with Crippen molar-refractivity contribution in [2.24, 2.45) is 0 Å². The molecule has 1 atom stereocenters. The van der Waals surface area contributed by atoms with E-state index in [-0.39, 0.29) is 0 Å². The lowest BCUT2D eigenvalue weighted by atomic mass is 9.87. The quantitative estimate of drug-likeness (QED) is 0.858. The van der Waals surface area contributed by atoms with Gasteiger partial charge in [0.25, 0.3) is 0 Å². The molecule has 1 aromatic heterocycles. The first-order valence-corrected chi connectivity index (χ1v) is 9.21. The van der Waals surface area contributed by atoms with Gasteiger partial charge in [-0.25, -0.2) is 9.97 Å². The summed E-state index contributed by atoms with van der Waals surface area (Å²) in [5, 5.41) is 0. The van der Waals surface area contributed by atoms with Crippen molar-refractivity contribution in [2.45, 2.75) is 63.3 Å². The molecule has 0 spiro atoms. The van der Waals surface area contributed by atoms with E-state index in [1.165, 1.54) is 70.2 Å². The average Bonchev–Trinajstić information content (AvgIpc) is 3.27. The van der Waals surface area contributed by atoms with Gasteiger partial charge in [-0.3, -0.25) is 4.90 Å². The molecule has 1 aromatic rings. The topological polar surface area (TPSA) is 32.3 Å². The van der Waals surface area contributed by atoms with Gasteiger partial charge in [0.15, 0.2) is 0 Å². The molecule has 1 saturated carbocycles. The summed E-state index contributed by atoms with van der Waals surface area (Å²) in [5.41, 5.74) is 1.29. The molecule has 22 heavy (non-hydrogen) atoms. The van der Waals surface area contributed by atoms with Crippen molar-refractivity contribution in [3.05, 3.63) is 18.1 Å². The summed E-state index contributed by atoms with van der Waals surface area (Å²) in [6.45, 7) is 4.91. The van der Waals surface area contributed by atoms with Gasteiger partial charge in [-0.2, -0.15) is 0 Å². The molecule has 4 heteroatoms. The van der Waals surface area contributed by atoms with E-state index in [1.54, 1.807) is 6.33 Å². The zero-order chi connectivity index (χ0) is 14.8. The van der Waals surface area contributed by atoms with E-state index in [4.69, 9.17) is 0 Å². The second-order valence-electron chi connectivity index (χ2n) is 7.27. The summed E-state index contributed by atoms with van der Waals surface area (Å²) >= 11 is 0. The Balaban J connectivity index is 1.44. The Morgan fingerprint density at radius 1 is 0.864 bits per heavy atom. The van der Waals surface area contributed by atoms with Crippen LogP contribution < -0.4 is 4.90 Å². The van der Waals surface area contributed by atoms with Gasteiger partial charge in [-0.05, 0) is 45.2 Å². The average molecular weight is 300 g/mol. The van der Waals surface area contributed by atoms with Crippen LogP contribution in [0.15, 0.2) is 12.4 Å². The van der Waals surface area contributed by atoms with E-state index in [2.05, 4.69) is 25.8 Å². The molecule has 3 aliphatic rings. The Bertz CT molecular complexity index is 492. The fourth-order valence-corrected chi connectivity index (χ4v) is 4.51. The second kappa shape index (κ2) is 6.53. The van der Waals surface area contributed by atoms with Gasteiger partial charge >= 0.3 is 0 Å². The Hall–Kier alpha value is -1.16. The van der Waals surface area contributed by atoms with Gasteiger partial charge < -0.3 is 4.90 Å². The highest BCUT2D eigenvalue weighted by Gasteiger charge is 2.30. The number of likely N-dealkylation sites (tertiary alicyclic amines) is 1. The van der Waals surface area contributed by atoms with Crippen molar-refractivity contribution < 1.29 is 0 Å². The fraction of sp³-hybridized carbons (Fsp3) is 0.778. The molecule has 1 unspecified atom stereocenters. The van der Waals surface area contributed by atoms with Gasteiger partial charge in [0, 0.05) is 36.8 Å². The van der Waals surface area contributed by atoms with Crippen molar-refractivity contribution in [2.75, 3.05) is 31.1 Å². The van der Waals surface area contributed by atoms with Gasteiger partial charge in [0.05, 0.1) is 0 Å². The summed E-state index contributed by atoms with van der Waals surface area (Å²) in [7, 11) is 0. The predicted molar refractivity (Wildman–Crippen MR) is 89.3 cm³/mol. The van der Waals surface area contributed by atoms with Crippen LogP contribution in [0.2, 0.25) is 0 Å². The van der Waals surface area contributed by atoms with Crippen molar-refractivity contribution in [1.29, 1.82) is 0 Å². The maximum Gasteiger partial charge on any atom is 0.132 e. The molecule has 4 nitrogen and oxygen atoms in total. The molecule has 3 heterocycles.